The molecular weight excluding hydrogens is 320 g/mol. The molecule has 2 fully saturated rings. The van der Waals surface area contributed by atoms with E-state index in [0.717, 1.165) is 37.9 Å². The number of amides is 1. The van der Waals surface area contributed by atoms with Crippen LogP contribution in [0.4, 0.5) is 5.69 Å². The molecule has 26 heavy (non-hydrogen) atoms. The van der Waals surface area contributed by atoms with E-state index in [1.54, 1.807) is 0 Å². The Hall–Kier alpha value is -2.13. The van der Waals surface area contributed by atoms with Crippen LogP contribution in [-0.4, -0.2) is 31.4 Å². The van der Waals surface area contributed by atoms with E-state index in [1.165, 1.54) is 5.56 Å². The van der Waals surface area contributed by atoms with Gasteiger partial charge in [-0.3, -0.25) is 9.69 Å². The molecule has 3 nitrogen and oxygen atoms in total. The molecule has 1 heterocycles. The summed E-state index contributed by atoms with van der Waals surface area (Å²) in [6.45, 7) is 0.869. The van der Waals surface area contributed by atoms with Crippen molar-refractivity contribution in [1.29, 1.82) is 0 Å². The van der Waals surface area contributed by atoms with Crippen LogP contribution >= 0.6 is 0 Å². The second kappa shape index (κ2) is 6.55. The van der Waals surface area contributed by atoms with Gasteiger partial charge in [0, 0.05) is 24.2 Å². The Bertz CT molecular complexity index is 761. The lowest BCUT2D eigenvalue weighted by atomic mass is 9.64. The standard InChI is InChI=1S/C23H28N2O/c1-24(2)23(19-9-5-3-6-10-19)15-13-22(14-16-23)17-21(26)25(18-22)20-11-7-4-8-12-20/h3-12H,13-18H2,1-2H3. The van der Waals surface area contributed by atoms with E-state index in [-0.39, 0.29) is 16.9 Å². The average Bonchev–Trinajstić information content (AvgIpc) is 3.00. The normalized spacial score (nSPS) is 28.9. The van der Waals surface area contributed by atoms with Crippen molar-refractivity contribution in [2.75, 3.05) is 25.5 Å². The summed E-state index contributed by atoms with van der Waals surface area (Å²) >= 11 is 0. The number of nitrogens with zero attached hydrogens (tertiary/aromatic N) is 2. The number of hydrogen-bond acceptors (Lipinski definition) is 2. The van der Waals surface area contributed by atoms with Crippen LogP contribution in [0.1, 0.15) is 37.7 Å². The van der Waals surface area contributed by atoms with Crippen molar-refractivity contribution >= 4 is 11.6 Å². The minimum Gasteiger partial charge on any atom is -0.312 e. The minimum atomic E-state index is 0.0930. The average molecular weight is 348 g/mol. The van der Waals surface area contributed by atoms with Crippen LogP contribution in [0.2, 0.25) is 0 Å². The number of carbonyl (C=O) groups is 1. The minimum absolute atomic E-state index is 0.0930. The Morgan fingerprint density at radius 3 is 2.00 bits per heavy atom. The van der Waals surface area contributed by atoms with Crippen molar-refractivity contribution in [3.8, 4) is 0 Å². The number of anilines is 1. The molecule has 1 saturated heterocycles. The largest absolute Gasteiger partial charge is 0.312 e. The highest BCUT2D eigenvalue weighted by Crippen LogP contribution is 2.52. The highest BCUT2D eigenvalue weighted by atomic mass is 16.2. The zero-order chi connectivity index (χ0) is 18.2. The molecule has 0 N–H and O–H groups in total. The van der Waals surface area contributed by atoms with E-state index in [9.17, 15) is 4.79 Å². The highest BCUT2D eigenvalue weighted by molar-refractivity contribution is 5.96. The van der Waals surface area contributed by atoms with Gasteiger partial charge < -0.3 is 4.90 Å². The maximum absolute atomic E-state index is 12.7. The van der Waals surface area contributed by atoms with E-state index in [2.05, 4.69) is 49.3 Å². The molecule has 0 aromatic heterocycles. The zero-order valence-electron chi connectivity index (χ0n) is 15.8. The molecule has 0 unspecified atom stereocenters. The van der Waals surface area contributed by atoms with Crippen LogP contribution in [0.25, 0.3) is 0 Å². The quantitative estimate of drug-likeness (QED) is 0.819. The molecule has 2 aliphatic rings. The van der Waals surface area contributed by atoms with Gasteiger partial charge in [0.25, 0.3) is 0 Å². The third kappa shape index (κ3) is 2.84. The third-order valence-electron chi connectivity index (χ3n) is 6.69. The summed E-state index contributed by atoms with van der Waals surface area (Å²) in [5, 5.41) is 0. The summed E-state index contributed by atoms with van der Waals surface area (Å²) in [5.41, 5.74) is 2.68. The number of hydrogen-bond donors (Lipinski definition) is 0. The lowest BCUT2D eigenvalue weighted by Gasteiger charge is -2.48. The summed E-state index contributed by atoms with van der Waals surface area (Å²) in [7, 11) is 4.39. The molecule has 0 radical (unpaired) electrons. The fraction of sp³-hybridized carbons (Fsp3) is 0.435. The van der Waals surface area contributed by atoms with E-state index in [0.29, 0.717) is 6.42 Å². The SMILES string of the molecule is CN(C)C1(c2ccccc2)CCC2(CC1)CC(=O)N(c1ccccc1)C2. The van der Waals surface area contributed by atoms with Crippen molar-refractivity contribution in [3.63, 3.8) is 0 Å². The molecule has 0 atom stereocenters. The first-order chi connectivity index (χ1) is 12.5. The van der Waals surface area contributed by atoms with Crippen LogP contribution in [-0.2, 0) is 10.3 Å². The number of benzene rings is 2. The van der Waals surface area contributed by atoms with Crippen molar-refractivity contribution in [2.45, 2.75) is 37.6 Å². The van der Waals surface area contributed by atoms with Gasteiger partial charge in [0.2, 0.25) is 5.91 Å². The number of carbonyl (C=O) groups excluding carboxylic acids is 1. The zero-order valence-corrected chi connectivity index (χ0v) is 15.8. The molecule has 136 valence electrons. The Labute approximate surface area is 156 Å². The summed E-state index contributed by atoms with van der Waals surface area (Å²) in [6.07, 6.45) is 5.13. The Morgan fingerprint density at radius 1 is 0.846 bits per heavy atom. The topological polar surface area (TPSA) is 23.6 Å². The number of para-hydroxylation sites is 1. The molecule has 1 spiro atoms. The smallest absolute Gasteiger partial charge is 0.227 e. The lowest BCUT2D eigenvalue weighted by molar-refractivity contribution is -0.118. The van der Waals surface area contributed by atoms with Crippen LogP contribution in [0.3, 0.4) is 0 Å². The Kier molecular flexibility index (Phi) is 4.36. The second-order valence-corrected chi connectivity index (χ2v) is 8.28. The Morgan fingerprint density at radius 2 is 1.42 bits per heavy atom. The van der Waals surface area contributed by atoms with Gasteiger partial charge >= 0.3 is 0 Å². The Balaban J connectivity index is 1.55. The van der Waals surface area contributed by atoms with Crippen LogP contribution in [0.5, 0.6) is 0 Å². The molecule has 1 aliphatic heterocycles. The van der Waals surface area contributed by atoms with Gasteiger partial charge in [-0.05, 0) is 62.9 Å². The molecule has 2 aromatic rings. The first-order valence-electron chi connectivity index (χ1n) is 9.63. The van der Waals surface area contributed by atoms with Gasteiger partial charge in [0.05, 0.1) is 0 Å². The van der Waals surface area contributed by atoms with Gasteiger partial charge in [0.1, 0.15) is 0 Å². The first-order valence-corrected chi connectivity index (χ1v) is 9.63. The summed E-state index contributed by atoms with van der Waals surface area (Å²) in [5.74, 6) is 0.285. The van der Waals surface area contributed by atoms with E-state index < -0.39 is 0 Å². The van der Waals surface area contributed by atoms with E-state index in [1.807, 2.05) is 35.2 Å². The fourth-order valence-corrected chi connectivity index (χ4v) is 5.01. The van der Waals surface area contributed by atoms with Gasteiger partial charge in [-0.1, -0.05) is 48.5 Å². The van der Waals surface area contributed by atoms with Crippen LogP contribution < -0.4 is 4.90 Å². The predicted octanol–water partition coefficient (Wildman–Crippen LogP) is 4.44. The monoisotopic (exact) mass is 348 g/mol. The molecule has 1 saturated carbocycles. The summed E-state index contributed by atoms with van der Waals surface area (Å²) in [4.78, 5) is 17.1. The number of rotatable bonds is 3. The fourth-order valence-electron chi connectivity index (χ4n) is 5.01. The molecule has 3 heteroatoms. The molecule has 1 aliphatic carbocycles. The molecule has 4 rings (SSSR count). The van der Waals surface area contributed by atoms with Crippen LogP contribution in [0.15, 0.2) is 60.7 Å². The highest BCUT2D eigenvalue weighted by Gasteiger charge is 2.50. The maximum Gasteiger partial charge on any atom is 0.227 e. The summed E-state index contributed by atoms with van der Waals surface area (Å²) < 4.78 is 0. The molecule has 2 aromatic carbocycles. The molecule has 0 bridgehead atoms. The maximum atomic E-state index is 12.7. The van der Waals surface area contributed by atoms with Crippen molar-refractivity contribution < 1.29 is 4.79 Å². The van der Waals surface area contributed by atoms with Crippen molar-refractivity contribution in [2.24, 2.45) is 5.41 Å². The second-order valence-electron chi connectivity index (χ2n) is 8.28. The van der Waals surface area contributed by atoms with Gasteiger partial charge in [-0.25, -0.2) is 0 Å². The third-order valence-corrected chi connectivity index (χ3v) is 6.69. The predicted molar refractivity (Wildman–Crippen MR) is 106 cm³/mol. The molecular formula is C23H28N2O. The van der Waals surface area contributed by atoms with Gasteiger partial charge in [-0.15, -0.1) is 0 Å². The van der Waals surface area contributed by atoms with E-state index in [4.69, 9.17) is 0 Å². The summed E-state index contributed by atoms with van der Waals surface area (Å²) in [6, 6.07) is 21.0. The van der Waals surface area contributed by atoms with Crippen molar-refractivity contribution in [3.05, 3.63) is 66.2 Å². The van der Waals surface area contributed by atoms with Crippen LogP contribution in [0, 0.1) is 5.41 Å². The van der Waals surface area contributed by atoms with E-state index >= 15 is 0 Å². The molecule has 1 amide bonds. The van der Waals surface area contributed by atoms with Crippen molar-refractivity contribution in [1.82, 2.24) is 4.90 Å². The van der Waals surface area contributed by atoms with Gasteiger partial charge in [0.15, 0.2) is 0 Å². The van der Waals surface area contributed by atoms with Gasteiger partial charge in [-0.2, -0.15) is 0 Å². The first kappa shape index (κ1) is 17.3. The lowest BCUT2D eigenvalue weighted by Crippen LogP contribution is -2.47.